The second kappa shape index (κ2) is 13.6. The Morgan fingerprint density at radius 1 is 1.09 bits per heavy atom. The lowest BCUT2D eigenvalue weighted by atomic mass is 10.1. The molecule has 0 atom stereocenters. The van der Waals surface area contributed by atoms with Gasteiger partial charge in [0.05, 0.1) is 34.8 Å². The summed E-state index contributed by atoms with van der Waals surface area (Å²) in [5.41, 5.74) is 4.03. The molecule has 5 rings (SSSR count). The molecule has 0 unspecified atom stereocenters. The van der Waals surface area contributed by atoms with E-state index in [9.17, 15) is 14.4 Å². The molecule has 0 bridgehead atoms. The third-order valence-electron chi connectivity index (χ3n) is 6.96. The predicted octanol–water partition coefficient (Wildman–Crippen LogP) is 6.11. The number of hydrogen-bond donors (Lipinski definition) is 2. The van der Waals surface area contributed by atoms with Gasteiger partial charge < -0.3 is 24.6 Å². The van der Waals surface area contributed by atoms with Gasteiger partial charge in [0.2, 0.25) is 11.8 Å². The highest BCUT2D eigenvalue weighted by atomic mass is 35.5. The first kappa shape index (κ1) is 31.2. The van der Waals surface area contributed by atoms with Crippen molar-refractivity contribution in [3.8, 4) is 11.4 Å². The quantitative estimate of drug-likeness (QED) is 0.176. The molecule has 3 aromatic carbocycles. The minimum Gasteiger partial charge on any atom is -0.487 e. The predicted molar refractivity (Wildman–Crippen MR) is 173 cm³/mol. The van der Waals surface area contributed by atoms with Crippen molar-refractivity contribution >= 4 is 63.7 Å². The fraction of sp³-hybridized carbons (Fsp3) is 0.121. The number of nitrogens with one attached hydrogen (secondary N) is 1. The van der Waals surface area contributed by atoms with Crippen molar-refractivity contribution in [2.24, 2.45) is 0 Å². The van der Waals surface area contributed by atoms with Gasteiger partial charge in [-0.05, 0) is 55.0 Å². The molecule has 0 aliphatic carbocycles. The molecule has 12 heteroatoms. The van der Waals surface area contributed by atoms with Crippen LogP contribution >= 0.6 is 23.2 Å². The number of likely N-dealkylation sites (N-methyl/N-ethyl adjacent to an activating group) is 1. The van der Waals surface area contributed by atoms with E-state index in [0.717, 1.165) is 16.8 Å². The normalized spacial score (nSPS) is 11.1. The molecular formula is C33H27Cl2N5O5. The summed E-state index contributed by atoms with van der Waals surface area (Å²) in [5.74, 6) is -1.41. The molecule has 0 aliphatic rings. The Balaban J connectivity index is 1.27. The number of aryl methyl sites for hydroxylation is 1. The van der Waals surface area contributed by atoms with E-state index in [0.29, 0.717) is 33.1 Å². The van der Waals surface area contributed by atoms with Crippen LogP contribution in [0.4, 0.5) is 5.69 Å². The van der Waals surface area contributed by atoms with Crippen molar-refractivity contribution in [2.45, 2.75) is 13.5 Å². The molecule has 0 radical (unpaired) electrons. The minimum atomic E-state index is -1.04. The first-order chi connectivity index (χ1) is 21.6. The fourth-order valence-electron chi connectivity index (χ4n) is 4.57. The van der Waals surface area contributed by atoms with E-state index >= 15 is 0 Å². The van der Waals surface area contributed by atoms with E-state index in [4.69, 9.17) is 38.0 Å². The number of anilines is 1. The van der Waals surface area contributed by atoms with E-state index in [1.54, 1.807) is 43.8 Å². The van der Waals surface area contributed by atoms with Gasteiger partial charge >= 0.3 is 5.97 Å². The van der Waals surface area contributed by atoms with Crippen LogP contribution in [0.15, 0.2) is 85.5 Å². The van der Waals surface area contributed by atoms with E-state index in [2.05, 4.69) is 10.3 Å². The van der Waals surface area contributed by atoms with Gasteiger partial charge in [0.15, 0.2) is 0 Å². The number of pyridine rings is 1. The van der Waals surface area contributed by atoms with Gasteiger partial charge in [-0.2, -0.15) is 0 Å². The number of carbonyl (C=O) groups is 3. The average Bonchev–Trinajstić information content (AvgIpc) is 3.57. The largest absolute Gasteiger partial charge is 0.487 e. The summed E-state index contributed by atoms with van der Waals surface area (Å²) in [5, 5.41) is 13.0. The second-order valence-corrected chi connectivity index (χ2v) is 10.8. The number of nitrogens with zero attached hydrogens (tertiary/aromatic N) is 4. The molecule has 0 fully saturated rings. The summed E-state index contributed by atoms with van der Waals surface area (Å²) in [6.45, 7) is 1.63. The van der Waals surface area contributed by atoms with Gasteiger partial charge in [-0.15, -0.1) is 0 Å². The van der Waals surface area contributed by atoms with Crippen LogP contribution in [-0.4, -0.2) is 51.0 Å². The van der Waals surface area contributed by atoms with Crippen molar-refractivity contribution in [1.82, 2.24) is 19.9 Å². The number of hydrogen-bond acceptors (Lipinski definition) is 6. The van der Waals surface area contributed by atoms with Gasteiger partial charge in [-0.1, -0.05) is 47.5 Å². The van der Waals surface area contributed by atoms with Crippen LogP contribution in [0.1, 0.15) is 27.2 Å². The summed E-state index contributed by atoms with van der Waals surface area (Å²) in [6, 6.07) is 16.9. The highest BCUT2D eigenvalue weighted by molar-refractivity contribution is 6.38. The summed E-state index contributed by atoms with van der Waals surface area (Å²) in [4.78, 5) is 46.4. The summed E-state index contributed by atoms with van der Waals surface area (Å²) < 4.78 is 8.10. The number of aromatic nitrogens is 3. The maximum absolute atomic E-state index is 13.0. The lowest BCUT2D eigenvalue weighted by Crippen LogP contribution is -2.37. The second-order valence-electron chi connectivity index (χ2n) is 9.98. The number of halogens is 2. The zero-order valence-electron chi connectivity index (χ0n) is 24.2. The van der Waals surface area contributed by atoms with Gasteiger partial charge in [0.1, 0.15) is 17.9 Å². The fourth-order valence-corrected chi connectivity index (χ4v) is 5.18. The molecule has 2 amide bonds. The first-order valence-corrected chi connectivity index (χ1v) is 14.4. The molecule has 2 N–H and O–H groups in total. The average molecular weight is 645 g/mol. The van der Waals surface area contributed by atoms with Crippen LogP contribution in [0.5, 0.6) is 5.75 Å². The standard InChI is InChI=1S/C33H27Cl2N5O5/c1-20-16-27(40-15-14-36-19-40)23-4-3-5-28(32(23)38-20)45-18-24-25(34)11-12-26(31(24)35)39(2)30(42)17-37-29(41)13-8-21-6-9-22(10-7-21)33(43)44/h3-16,19H,17-18H2,1-2H3,(H,37,41)(H,43,44)/b13-8+. The number of carboxylic acid groups (broad SMARTS) is 1. The number of carboxylic acids is 1. The molecule has 0 aliphatic heterocycles. The number of rotatable bonds is 10. The smallest absolute Gasteiger partial charge is 0.335 e. The van der Waals surface area contributed by atoms with Gasteiger partial charge in [0, 0.05) is 47.2 Å². The zero-order chi connectivity index (χ0) is 32.1. The number of imidazole rings is 1. The Morgan fingerprint density at radius 3 is 2.58 bits per heavy atom. The molecule has 0 saturated heterocycles. The molecule has 0 saturated carbocycles. The molecule has 2 aromatic heterocycles. The Hall–Kier alpha value is -5.19. The van der Waals surface area contributed by atoms with E-state index in [1.807, 2.05) is 42.0 Å². The third kappa shape index (κ3) is 7.14. The zero-order valence-corrected chi connectivity index (χ0v) is 25.7. The summed E-state index contributed by atoms with van der Waals surface area (Å²) in [6.07, 6.45) is 8.06. The van der Waals surface area contributed by atoms with Gasteiger partial charge in [-0.3, -0.25) is 9.59 Å². The van der Waals surface area contributed by atoms with Crippen LogP contribution in [0.3, 0.4) is 0 Å². The Kier molecular flexibility index (Phi) is 9.46. The van der Waals surface area contributed by atoms with Crippen molar-refractivity contribution in [1.29, 1.82) is 0 Å². The maximum atomic E-state index is 13.0. The minimum absolute atomic E-state index is 0.0116. The van der Waals surface area contributed by atoms with Gasteiger partial charge in [-0.25, -0.2) is 14.8 Å². The lowest BCUT2D eigenvalue weighted by molar-refractivity contribution is -0.122. The number of fused-ring (bicyclic) bond motifs is 1. The molecule has 228 valence electrons. The number of amides is 2. The summed E-state index contributed by atoms with van der Waals surface area (Å²) >= 11 is 13.3. The van der Waals surface area contributed by atoms with Crippen LogP contribution in [0.2, 0.25) is 10.0 Å². The van der Waals surface area contributed by atoms with E-state index < -0.39 is 17.8 Å². The molecule has 10 nitrogen and oxygen atoms in total. The van der Waals surface area contributed by atoms with E-state index in [1.165, 1.54) is 29.2 Å². The number of ether oxygens (including phenoxy) is 1. The Labute approximate surface area is 268 Å². The highest BCUT2D eigenvalue weighted by Crippen LogP contribution is 2.36. The van der Waals surface area contributed by atoms with Crippen LogP contribution in [-0.2, 0) is 16.2 Å². The van der Waals surface area contributed by atoms with E-state index in [-0.39, 0.29) is 23.7 Å². The number of aromatic carboxylic acids is 1. The Bertz CT molecular complexity index is 1920. The summed E-state index contributed by atoms with van der Waals surface area (Å²) in [7, 11) is 1.54. The van der Waals surface area contributed by atoms with Crippen LogP contribution in [0.25, 0.3) is 22.7 Å². The van der Waals surface area contributed by atoms with Crippen molar-refractivity contribution < 1.29 is 24.2 Å². The number of para-hydroxylation sites is 1. The van der Waals surface area contributed by atoms with Crippen molar-refractivity contribution in [3.05, 3.63) is 118 Å². The molecule has 45 heavy (non-hydrogen) atoms. The van der Waals surface area contributed by atoms with Crippen LogP contribution < -0.4 is 15.0 Å². The van der Waals surface area contributed by atoms with Crippen molar-refractivity contribution in [2.75, 3.05) is 18.5 Å². The highest BCUT2D eigenvalue weighted by Gasteiger charge is 2.20. The molecule has 0 spiro atoms. The SMILES string of the molecule is Cc1cc(-n2ccnc2)c2cccc(OCc3c(Cl)ccc(N(C)C(=O)CNC(=O)/C=C/c4ccc(C(=O)O)cc4)c3Cl)c2n1. The molecule has 5 aromatic rings. The first-order valence-electron chi connectivity index (χ1n) is 13.7. The van der Waals surface area contributed by atoms with Gasteiger partial charge in [0.25, 0.3) is 0 Å². The third-order valence-corrected chi connectivity index (χ3v) is 7.74. The number of carbonyl (C=O) groups excluding carboxylic acids is 2. The molecule has 2 heterocycles. The maximum Gasteiger partial charge on any atom is 0.335 e. The Morgan fingerprint density at radius 2 is 1.87 bits per heavy atom. The lowest BCUT2D eigenvalue weighted by Gasteiger charge is -2.21. The number of benzene rings is 3. The monoisotopic (exact) mass is 643 g/mol. The molecular weight excluding hydrogens is 617 g/mol. The van der Waals surface area contributed by atoms with Crippen molar-refractivity contribution in [3.63, 3.8) is 0 Å². The topological polar surface area (TPSA) is 127 Å². The van der Waals surface area contributed by atoms with Crippen LogP contribution in [0, 0.1) is 6.92 Å².